The van der Waals surface area contributed by atoms with Crippen LogP contribution >= 0.6 is 0 Å². The number of rotatable bonds is 2. The molecule has 1 aromatic carbocycles. The van der Waals surface area contributed by atoms with Crippen molar-refractivity contribution in [3.63, 3.8) is 0 Å². The van der Waals surface area contributed by atoms with Crippen molar-refractivity contribution >= 4 is 17.3 Å². The highest BCUT2D eigenvalue weighted by Gasteiger charge is 2.15. The molecule has 1 aromatic rings. The van der Waals surface area contributed by atoms with E-state index < -0.39 is 0 Å². The number of nitrogen functional groups attached to an aromatic ring is 1. The van der Waals surface area contributed by atoms with Crippen molar-refractivity contribution in [1.82, 2.24) is 5.32 Å². The van der Waals surface area contributed by atoms with Crippen LogP contribution in [0.2, 0.25) is 0 Å². The standard InChI is InChI=1S/C12H17N3O2/c1-17-11-7-9(3-4-10(11)13)15-6-2-5-14-12(16)8-15/h3-4,7H,2,5-6,8,13H2,1H3,(H,14,16). The predicted molar refractivity (Wildman–Crippen MR) is 67.2 cm³/mol. The van der Waals surface area contributed by atoms with Gasteiger partial charge in [-0.25, -0.2) is 0 Å². The van der Waals surface area contributed by atoms with E-state index in [4.69, 9.17) is 10.5 Å². The van der Waals surface area contributed by atoms with E-state index in [1.165, 1.54) is 0 Å². The number of benzene rings is 1. The van der Waals surface area contributed by atoms with E-state index in [2.05, 4.69) is 5.32 Å². The number of methoxy groups -OCH3 is 1. The van der Waals surface area contributed by atoms with Gasteiger partial charge in [0.15, 0.2) is 0 Å². The first-order valence-corrected chi connectivity index (χ1v) is 5.66. The molecule has 0 saturated carbocycles. The van der Waals surface area contributed by atoms with Crippen LogP contribution in [0.4, 0.5) is 11.4 Å². The monoisotopic (exact) mass is 235 g/mol. The van der Waals surface area contributed by atoms with Crippen molar-refractivity contribution in [1.29, 1.82) is 0 Å². The Morgan fingerprint density at radius 1 is 1.47 bits per heavy atom. The van der Waals surface area contributed by atoms with Crippen LogP contribution in [0.5, 0.6) is 5.75 Å². The van der Waals surface area contributed by atoms with E-state index in [0.29, 0.717) is 18.0 Å². The van der Waals surface area contributed by atoms with Crippen molar-refractivity contribution in [2.75, 3.05) is 37.4 Å². The summed E-state index contributed by atoms with van der Waals surface area (Å²) < 4.78 is 5.18. The maximum absolute atomic E-state index is 11.5. The Balaban J connectivity index is 2.23. The second kappa shape index (κ2) is 4.95. The molecule has 5 nitrogen and oxygen atoms in total. The number of carbonyl (C=O) groups is 1. The Bertz CT molecular complexity index is 420. The van der Waals surface area contributed by atoms with Crippen LogP contribution < -0.4 is 20.7 Å². The van der Waals surface area contributed by atoms with Crippen molar-refractivity contribution in [3.8, 4) is 5.75 Å². The summed E-state index contributed by atoms with van der Waals surface area (Å²) in [5, 5.41) is 2.85. The smallest absolute Gasteiger partial charge is 0.239 e. The molecule has 1 saturated heterocycles. The third-order valence-corrected chi connectivity index (χ3v) is 2.84. The van der Waals surface area contributed by atoms with Crippen LogP contribution in [0.25, 0.3) is 0 Å². The summed E-state index contributed by atoms with van der Waals surface area (Å²) in [4.78, 5) is 13.5. The minimum Gasteiger partial charge on any atom is -0.495 e. The maximum Gasteiger partial charge on any atom is 0.239 e. The van der Waals surface area contributed by atoms with Gasteiger partial charge in [-0.2, -0.15) is 0 Å². The van der Waals surface area contributed by atoms with Gasteiger partial charge in [-0.3, -0.25) is 4.79 Å². The molecule has 5 heteroatoms. The number of anilines is 2. The predicted octanol–water partition coefficient (Wildman–Crippen LogP) is 0.604. The molecule has 2 rings (SSSR count). The van der Waals surface area contributed by atoms with E-state index in [-0.39, 0.29) is 5.91 Å². The Morgan fingerprint density at radius 2 is 2.29 bits per heavy atom. The molecule has 1 aliphatic rings. The second-order valence-electron chi connectivity index (χ2n) is 4.05. The van der Waals surface area contributed by atoms with E-state index >= 15 is 0 Å². The summed E-state index contributed by atoms with van der Waals surface area (Å²) >= 11 is 0. The molecule has 0 atom stereocenters. The quantitative estimate of drug-likeness (QED) is 0.737. The lowest BCUT2D eigenvalue weighted by Crippen LogP contribution is -2.33. The molecule has 0 radical (unpaired) electrons. The summed E-state index contributed by atoms with van der Waals surface area (Å²) in [5.74, 6) is 0.699. The fourth-order valence-electron chi connectivity index (χ4n) is 1.92. The number of ether oxygens (including phenoxy) is 1. The Labute approximate surface area is 101 Å². The second-order valence-corrected chi connectivity index (χ2v) is 4.05. The van der Waals surface area contributed by atoms with Crippen LogP contribution in [-0.4, -0.2) is 32.7 Å². The number of nitrogens with zero attached hydrogens (tertiary/aromatic N) is 1. The lowest BCUT2D eigenvalue weighted by molar-refractivity contribution is -0.119. The molecule has 1 fully saturated rings. The van der Waals surface area contributed by atoms with Gasteiger partial charge in [0.2, 0.25) is 5.91 Å². The topological polar surface area (TPSA) is 67.6 Å². The number of nitrogens with one attached hydrogen (secondary N) is 1. The van der Waals surface area contributed by atoms with Crippen molar-refractivity contribution in [2.45, 2.75) is 6.42 Å². The molecule has 1 aliphatic heterocycles. The highest BCUT2D eigenvalue weighted by atomic mass is 16.5. The fraction of sp³-hybridized carbons (Fsp3) is 0.417. The number of amides is 1. The van der Waals surface area contributed by atoms with E-state index in [1.54, 1.807) is 13.2 Å². The minimum atomic E-state index is 0.0540. The van der Waals surface area contributed by atoms with Gasteiger partial charge in [-0.1, -0.05) is 0 Å². The van der Waals surface area contributed by atoms with Gasteiger partial charge in [-0.05, 0) is 18.6 Å². The third-order valence-electron chi connectivity index (χ3n) is 2.84. The Kier molecular flexibility index (Phi) is 3.37. The fourth-order valence-corrected chi connectivity index (χ4v) is 1.92. The van der Waals surface area contributed by atoms with Crippen LogP contribution in [-0.2, 0) is 4.79 Å². The van der Waals surface area contributed by atoms with E-state index in [9.17, 15) is 4.79 Å². The Morgan fingerprint density at radius 3 is 3.06 bits per heavy atom. The summed E-state index contributed by atoms with van der Waals surface area (Å²) in [6.07, 6.45) is 0.943. The van der Waals surface area contributed by atoms with Gasteiger partial charge < -0.3 is 20.7 Å². The van der Waals surface area contributed by atoms with Crippen LogP contribution in [0.1, 0.15) is 6.42 Å². The van der Waals surface area contributed by atoms with Crippen molar-refractivity contribution in [3.05, 3.63) is 18.2 Å². The average molecular weight is 235 g/mol. The molecular formula is C12H17N3O2. The normalized spacial score (nSPS) is 16.3. The molecule has 0 bridgehead atoms. The molecule has 1 amide bonds. The largest absolute Gasteiger partial charge is 0.495 e. The first kappa shape index (κ1) is 11.6. The summed E-state index contributed by atoms with van der Waals surface area (Å²) in [6, 6.07) is 5.58. The maximum atomic E-state index is 11.5. The first-order chi connectivity index (χ1) is 8.20. The SMILES string of the molecule is COc1cc(N2CCCNC(=O)C2)ccc1N. The summed E-state index contributed by atoms with van der Waals surface area (Å²) in [5.41, 5.74) is 7.34. The zero-order valence-corrected chi connectivity index (χ0v) is 9.90. The molecular weight excluding hydrogens is 218 g/mol. The first-order valence-electron chi connectivity index (χ1n) is 5.66. The highest BCUT2D eigenvalue weighted by Crippen LogP contribution is 2.27. The van der Waals surface area contributed by atoms with Crippen LogP contribution in [0.3, 0.4) is 0 Å². The lowest BCUT2D eigenvalue weighted by atomic mass is 10.2. The third kappa shape index (κ3) is 2.61. The highest BCUT2D eigenvalue weighted by molar-refractivity contribution is 5.82. The number of hydrogen-bond acceptors (Lipinski definition) is 4. The zero-order chi connectivity index (χ0) is 12.3. The molecule has 1 heterocycles. The van der Waals surface area contributed by atoms with Gasteiger partial charge in [0.25, 0.3) is 0 Å². The number of carbonyl (C=O) groups excluding carboxylic acids is 1. The summed E-state index contributed by atoms with van der Waals surface area (Å²) in [6.45, 7) is 1.97. The Hall–Kier alpha value is -1.91. The van der Waals surface area contributed by atoms with Crippen molar-refractivity contribution < 1.29 is 9.53 Å². The van der Waals surface area contributed by atoms with E-state index in [0.717, 1.165) is 25.2 Å². The van der Waals surface area contributed by atoms with Gasteiger partial charge in [0.1, 0.15) is 5.75 Å². The molecule has 17 heavy (non-hydrogen) atoms. The van der Waals surface area contributed by atoms with Crippen LogP contribution in [0, 0.1) is 0 Å². The number of hydrogen-bond donors (Lipinski definition) is 2. The summed E-state index contributed by atoms with van der Waals surface area (Å²) in [7, 11) is 1.59. The molecule has 3 N–H and O–H groups in total. The molecule has 0 aliphatic carbocycles. The lowest BCUT2D eigenvalue weighted by Gasteiger charge is -2.22. The van der Waals surface area contributed by atoms with E-state index in [1.807, 2.05) is 17.0 Å². The number of nitrogens with two attached hydrogens (primary N) is 1. The average Bonchev–Trinajstić information content (AvgIpc) is 2.54. The molecule has 0 unspecified atom stereocenters. The molecule has 0 aromatic heterocycles. The van der Waals surface area contributed by atoms with Crippen LogP contribution in [0.15, 0.2) is 18.2 Å². The van der Waals surface area contributed by atoms with Gasteiger partial charge in [0.05, 0.1) is 19.3 Å². The molecule has 0 spiro atoms. The minimum absolute atomic E-state index is 0.0540. The molecule has 92 valence electrons. The van der Waals surface area contributed by atoms with Gasteiger partial charge in [0, 0.05) is 24.8 Å². The van der Waals surface area contributed by atoms with Gasteiger partial charge >= 0.3 is 0 Å². The van der Waals surface area contributed by atoms with Gasteiger partial charge in [-0.15, -0.1) is 0 Å². The van der Waals surface area contributed by atoms with Crippen molar-refractivity contribution in [2.24, 2.45) is 0 Å². The zero-order valence-electron chi connectivity index (χ0n) is 9.90.